The number of ether oxygens (including phenoxy) is 1. The molecule has 0 radical (unpaired) electrons. The zero-order valence-corrected chi connectivity index (χ0v) is 12.6. The van der Waals surface area contributed by atoms with Gasteiger partial charge in [0.15, 0.2) is 5.52 Å². The minimum Gasteiger partial charge on any atom is -0.394 e. The van der Waals surface area contributed by atoms with Crippen LogP contribution < -0.4 is 5.32 Å². The highest BCUT2D eigenvalue weighted by Crippen LogP contribution is 2.31. The number of aliphatic hydroxyl groups excluding tert-OH is 3. The number of anilines is 1. The molecule has 11 heteroatoms. The third-order valence-electron chi connectivity index (χ3n) is 4.09. The monoisotopic (exact) mass is 340 g/mol. The van der Waals surface area contributed by atoms with Crippen LogP contribution in [-0.4, -0.2) is 67.6 Å². The van der Waals surface area contributed by atoms with E-state index in [1.165, 1.54) is 12.1 Å². The summed E-state index contributed by atoms with van der Waals surface area (Å²) in [5.41, 5.74) is 0.177. The van der Waals surface area contributed by atoms with E-state index in [9.17, 15) is 20.3 Å². The Labute approximate surface area is 134 Å². The van der Waals surface area contributed by atoms with E-state index in [0.29, 0.717) is 5.69 Å². The summed E-state index contributed by atoms with van der Waals surface area (Å²) in [5.74, 6) is 0. The van der Waals surface area contributed by atoms with Crippen molar-refractivity contribution < 1.29 is 29.6 Å². The smallest absolute Gasteiger partial charge is 0.300 e. The van der Waals surface area contributed by atoms with Gasteiger partial charge in [-0.15, -0.1) is 0 Å². The van der Waals surface area contributed by atoms with Crippen molar-refractivity contribution in [3.8, 4) is 0 Å². The van der Waals surface area contributed by atoms with Gasteiger partial charge in [-0.3, -0.25) is 10.1 Å². The number of fused-ring (bicyclic) bond motifs is 1. The van der Waals surface area contributed by atoms with E-state index in [-0.39, 0.29) is 16.7 Å². The van der Waals surface area contributed by atoms with E-state index < -0.39 is 42.0 Å². The number of non-ortho nitro benzene ring substituents is 1. The second kappa shape index (κ2) is 6.28. The molecule has 1 fully saturated rings. The summed E-state index contributed by atoms with van der Waals surface area (Å²) >= 11 is 0. The molecule has 1 aliphatic rings. The van der Waals surface area contributed by atoms with E-state index >= 15 is 0 Å². The zero-order chi connectivity index (χ0) is 17.4. The van der Waals surface area contributed by atoms with Crippen LogP contribution in [0.1, 0.15) is 6.92 Å². The number of aromatic nitrogens is 2. The fourth-order valence-electron chi connectivity index (χ4n) is 2.80. The van der Waals surface area contributed by atoms with Gasteiger partial charge in [-0.25, -0.2) is 4.63 Å². The first-order chi connectivity index (χ1) is 11.4. The number of rotatable bonds is 4. The Morgan fingerprint density at radius 2 is 2.00 bits per heavy atom. The SMILES string of the molecule is CC1OC(CO)C(O)C(O)C1Nc1ccc([N+](=O)[O-])c2nonc12. The van der Waals surface area contributed by atoms with Crippen LogP contribution in [-0.2, 0) is 4.74 Å². The number of nitro groups is 1. The molecule has 5 atom stereocenters. The summed E-state index contributed by atoms with van der Waals surface area (Å²) in [4.78, 5) is 10.4. The highest BCUT2D eigenvalue weighted by atomic mass is 16.6. The minimum absolute atomic E-state index is 0.0300. The maximum Gasteiger partial charge on any atom is 0.300 e. The maximum absolute atomic E-state index is 11.0. The maximum atomic E-state index is 11.0. The molecule has 130 valence electrons. The number of nitrogens with zero attached hydrogens (tertiary/aromatic N) is 3. The molecule has 1 aliphatic heterocycles. The molecule has 24 heavy (non-hydrogen) atoms. The van der Waals surface area contributed by atoms with E-state index in [0.717, 1.165) is 0 Å². The lowest BCUT2D eigenvalue weighted by Crippen LogP contribution is -2.60. The van der Waals surface area contributed by atoms with Gasteiger partial charge in [0.1, 0.15) is 18.3 Å². The van der Waals surface area contributed by atoms with E-state index in [1.807, 2.05) is 0 Å². The molecular formula is C13H16N4O7. The average molecular weight is 340 g/mol. The molecule has 1 saturated heterocycles. The summed E-state index contributed by atoms with van der Waals surface area (Å²) in [6, 6.07) is 1.92. The number of aliphatic hydroxyl groups is 3. The van der Waals surface area contributed by atoms with Crippen molar-refractivity contribution in [2.75, 3.05) is 11.9 Å². The van der Waals surface area contributed by atoms with Crippen LogP contribution in [0, 0.1) is 10.1 Å². The first kappa shape index (κ1) is 16.5. The van der Waals surface area contributed by atoms with Gasteiger partial charge in [-0.05, 0) is 23.3 Å². The van der Waals surface area contributed by atoms with Gasteiger partial charge in [-0.2, -0.15) is 0 Å². The summed E-state index contributed by atoms with van der Waals surface area (Å²) in [5, 5.41) is 50.5. The molecule has 0 spiro atoms. The highest BCUT2D eigenvalue weighted by molar-refractivity contribution is 5.93. The molecule has 2 aromatic rings. The summed E-state index contributed by atoms with van der Waals surface area (Å²) in [6.07, 6.45) is -3.95. The molecule has 2 heterocycles. The second-order valence-corrected chi connectivity index (χ2v) is 5.56. The van der Waals surface area contributed by atoms with Gasteiger partial charge in [0.25, 0.3) is 0 Å². The van der Waals surface area contributed by atoms with Crippen molar-refractivity contribution in [3.05, 3.63) is 22.2 Å². The third kappa shape index (κ3) is 2.67. The Morgan fingerprint density at radius 3 is 2.67 bits per heavy atom. The van der Waals surface area contributed by atoms with Gasteiger partial charge in [0.2, 0.25) is 5.52 Å². The van der Waals surface area contributed by atoms with Crippen molar-refractivity contribution in [1.29, 1.82) is 0 Å². The molecule has 1 aromatic heterocycles. The number of nitrogens with one attached hydrogen (secondary N) is 1. The number of hydrogen-bond donors (Lipinski definition) is 4. The molecule has 1 aromatic carbocycles. The lowest BCUT2D eigenvalue weighted by molar-refractivity contribution is -0.383. The summed E-state index contributed by atoms with van der Waals surface area (Å²) in [7, 11) is 0. The normalized spacial score (nSPS) is 30.4. The molecule has 11 nitrogen and oxygen atoms in total. The average Bonchev–Trinajstić information content (AvgIpc) is 3.04. The number of benzene rings is 1. The lowest BCUT2D eigenvalue weighted by Gasteiger charge is -2.41. The standard InChI is InChI=1S/C13H16N4O7/c1-5-9(13(20)12(19)8(4-18)23-5)14-6-2-3-7(17(21)22)11-10(6)15-24-16-11/h2-3,5,8-9,12-14,18-20H,4H2,1H3. The molecule has 0 bridgehead atoms. The van der Waals surface area contributed by atoms with Crippen molar-refractivity contribution in [2.45, 2.75) is 37.4 Å². The van der Waals surface area contributed by atoms with Crippen LogP contribution in [0.3, 0.4) is 0 Å². The largest absolute Gasteiger partial charge is 0.394 e. The van der Waals surface area contributed by atoms with Gasteiger partial charge < -0.3 is 25.4 Å². The van der Waals surface area contributed by atoms with Crippen LogP contribution >= 0.6 is 0 Å². The van der Waals surface area contributed by atoms with E-state index in [1.54, 1.807) is 6.92 Å². The molecule has 0 saturated carbocycles. The molecule has 4 N–H and O–H groups in total. The van der Waals surface area contributed by atoms with Crippen LogP contribution in [0.4, 0.5) is 11.4 Å². The lowest BCUT2D eigenvalue weighted by atomic mass is 9.93. The van der Waals surface area contributed by atoms with Crippen LogP contribution in [0.15, 0.2) is 16.8 Å². The van der Waals surface area contributed by atoms with Crippen LogP contribution in [0.25, 0.3) is 11.0 Å². The van der Waals surface area contributed by atoms with Gasteiger partial charge in [0.05, 0.1) is 29.4 Å². The Morgan fingerprint density at radius 1 is 1.29 bits per heavy atom. The summed E-state index contributed by atoms with van der Waals surface area (Å²) < 4.78 is 10.0. The molecule has 5 unspecified atom stereocenters. The van der Waals surface area contributed by atoms with Gasteiger partial charge in [-0.1, -0.05) is 0 Å². The second-order valence-electron chi connectivity index (χ2n) is 5.56. The number of nitro benzene ring substituents is 1. The molecule has 3 rings (SSSR count). The van der Waals surface area contributed by atoms with Crippen molar-refractivity contribution in [3.63, 3.8) is 0 Å². The van der Waals surface area contributed by atoms with E-state index in [4.69, 9.17) is 9.84 Å². The molecule has 0 amide bonds. The van der Waals surface area contributed by atoms with Gasteiger partial charge >= 0.3 is 5.69 Å². The van der Waals surface area contributed by atoms with E-state index in [2.05, 4.69) is 20.3 Å². The van der Waals surface area contributed by atoms with Crippen LogP contribution in [0.2, 0.25) is 0 Å². The predicted octanol–water partition coefficient (Wildman–Crippen LogP) is -0.587. The first-order valence-electron chi connectivity index (χ1n) is 7.22. The van der Waals surface area contributed by atoms with Crippen molar-refractivity contribution in [2.24, 2.45) is 0 Å². The quantitative estimate of drug-likeness (QED) is 0.418. The van der Waals surface area contributed by atoms with Crippen LogP contribution in [0.5, 0.6) is 0 Å². The minimum atomic E-state index is -1.28. The molecule has 0 aliphatic carbocycles. The Kier molecular flexibility index (Phi) is 4.32. The Bertz CT molecular complexity index is 751. The van der Waals surface area contributed by atoms with Crippen molar-refractivity contribution >= 4 is 22.4 Å². The number of hydrogen-bond acceptors (Lipinski definition) is 10. The summed E-state index contributed by atoms with van der Waals surface area (Å²) in [6.45, 7) is 1.24. The highest BCUT2D eigenvalue weighted by Gasteiger charge is 2.42. The fourth-order valence-corrected chi connectivity index (χ4v) is 2.80. The Hall–Kier alpha value is -2.34. The van der Waals surface area contributed by atoms with Gasteiger partial charge in [0, 0.05) is 6.07 Å². The molecular weight excluding hydrogens is 324 g/mol. The third-order valence-corrected chi connectivity index (χ3v) is 4.09. The Balaban J connectivity index is 1.91. The topological polar surface area (TPSA) is 164 Å². The predicted molar refractivity (Wildman–Crippen MR) is 79.3 cm³/mol. The first-order valence-corrected chi connectivity index (χ1v) is 7.22. The van der Waals surface area contributed by atoms with Crippen molar-refractivity contribution in [1.82, 2.24) is 10.3 Å². The zero-order valence-electron chi connectivity index (χ0n) is 12.6. The fraction of sp³-hybridized carbons (Fsp3) is 0.538.